The van der Waals surface area contributed by atoms with Crippen LogP contribution in [0.15, 0.2) is 36.4 Å². The average molecular weight is 519 g/mol. The third-order valence-electron chi connectivity index (χ3n) is 5.62. The van der Waals surface area contributed by atoms with Crippen molar-refractivity contribution < 1.29 is 14.2 Å². The number of halogens is 1. The summed E-state index contributed by atoms with van der Waals surface area (Å²) >= 11 is 4.21. The zero-order valence-electron chi connectivity index (χ0n) is 16.2. The van der Waals surface area contributed by atoms with E-state index in [1.165, 1.54) is 33.3 Å². The van der Waals surface area contributed by atoms with Crippen LogP contribution in [-0.2, 0) is 12.8 Å². The molecule has 0 amide bonds. The molecule has 0 bridgehead atoms. The molecule has 1 aliphatic carbocycles. The summed E-state index contributed by atoms with van der Waals surface area (Å²) in [6.45, 7) is 3.06. The van der Waals surface area contributed by atoms with E-state index in [0.29, 0.717) is 19.3 Å². The number of aryl methyl sites for hydroxylation is 2. The molecule has 0 N–H and O–H groups in total. The number of aromatic nitrogens is 1. The molecule has 0 spiro atoms. The van der Waals surface area contributed by atoms with Crippen molar-refractivity contribution in [3.63, 3.8) is 0 Å². The highest BCUT2D eigenvalue weighted by molar-refractivity contribution is 14.1. The third-order valence-corrected chi connectivity index (χ3v) is 7.75. The SMILES string of the molecule is Cc1sc(-c2ccc3c(c2)OCO3)nc1CCOc1ccc2c(c1)CC[C@H]2CI. The fraction of sp³-hybridized carbons (Fsp3) is 0.348. The van der Waals surface area contributed by atoms with Crippen LogP contribution >= 0.6 is 33.9 Å². The van der Waals surface area contributed by atoms with Crippen molar-refractivity contribution in [2.45, 2.75) is 32.1 Å². The Hall–Kier alpha value is -1.80. The van der Waals surface area contributed by atoms with Gasteiger partial charge < -0.3 is 14.2 Å². The molecule has 0 radical (unpaired) electrons. The molecule has 4 nitrogen and oxygen atoms in total. The summed E-state index contributed by atoms with van der Waals surface area (Å²) in [4.78, 5) is 6.09. The summed E-state index contributed by atoms with van der Waals surface area (Å²) in [6.07, 6.45) is 3.24. The molecule has 150 valence electrons. The second-order valence-corrected chi connectivity index (χ2v) is 9.52. The van der Waals surface area contributed by atoms with Gasteiger partial charge in [-0.1, -0.05) is 28.7 Å². The van der Waals surface area contributed by atoms with Crippen molar-refractivity contribution in [1.29, 1.82) is 0 Å². The first kappa shape index (κ1) is 19.2. The fourth-order valence-electron chi connectivity index (χ4n) is 4.01. The lowest BCUT2D eigenvalue weighted by atomic mass is 10.0. The summed E-state index contributed by atoms with van der Waals surface area (Å²) in [5.74, 6) is 3.28. The molecule has 2 aromatic carbocycles. The minimum Gasteiger partial charge on any atom is -0.493 e. The van der Waals surface area contributed by atoms with Gasteiger partial charge in [-0.05, 0) is 67.1 Å². The van der Waals surface area contributed by atoms with Crippen molar-refractivity contribution in [2.75, 3.05) is 17.8 Å². The van der Waals surface area contributed by atoms with E-state index < -0.39 is 0 Å². The predicted molar refractivity (Wildman–Crippen MR) is 124 cm³/mol. The lowest BCUT2D eigenvalue weighted by Gasteiger charge is -2.10. The number of thiazole rings is 1. The van der Waals surface area contributed by atoms with Crippen molar-refractivity contribution in [2.24, 2.45) is 0 Å². The quantitative estimate of drug-likeness (QED) is 0.299. The molecule has 0 unspecified atom stereocenters. The average Bonchev–Trinajstić information content (AvgIpc) is 3.45. The summed E-state index contributed by atoms with van der Waals surface area (Å²) in [6, 6.07) is 12.6. The van der Waals surface area contributed by atoms with Gasteiger partial charge in [0.25, 0.3) is 0 Å². The van der Waals surface area contributed by atoms with Crippen LogP contribution in [0.25, 0.3) is 10.6 Å². The monoisotopic (exact) mass is 519 g/mol. The van der Waals surface area contributed by atoms with E-state index in [-0.39, 0.29) is 0 Å². The molecule has 5 rings (SSSR count). The number of nitrogens with zero attached hydrogens (tertiary/aromatic N) is 1. The maximum atomic E-state index is 6.06. The summed E-state index contributed by atoms with van der Waals surface area (Å²) < 4.78 is 18.1. The summed E-state index contributed by atoms with van der Waals surface area (Å²) in [5.41, 5.74) is 5.14. The third kappa shape index (κ3) is 3.84. The van der Waals surface area contributed by atoms with Crippen LogP contribution in [0.2, 0.25) is 0 Å². The van der Waals surface area contributed by atoms with E-state index in [1.54, 1.807) is 11.3 Å². The Bertz CT molecular complexity index is 1050. The zero-order valence-corrected chi connectivity index (χ0v) is 19.2. The van der Waals surface area contributed by atoms with Gasteiger partial charge in [-0.3, -0.25) is 0 Å². The fourth-order valence-corrected chi connectivity index (χ4v) is 5.88. The number of hydrogen-bond acceptors (Lipinski definition) is 5. The first-order valence-electron chi connectivity index (χ1n) is 9.89. The number of ether oxygens (including phenoxy) is 3. The molecule has 29 heavy (non-hydrogen) atoms. The molecule has 0 saturated carbocycles. The van der Waals surface area contributed by atoms with E-state index in [9.17, 15) is 0 Å². The molecular formula is C23H22INO3S. The van der Waals surface area contributed by atoms with Gasteiger partial charge in [0.05, 0.1) is 12.3 Å². The van der Waals surface area contributed by atoms with Crippen LogP contribution in [0.4, 0.5) is 0 Å². The number of fused-ring (bicyclic) bond motifs is 2. The number of rotatable bonds is 6. The van der Waals surface area contributed by atoms with E-state index in [2.05, 4.69) is 47.7 Å². The molecule has 3 aromatic rings. The van der Waals surface area contributed by atoms with Gasteiger partial charge in [-0.25, -0.2) is 4.98 Å². The highest BCUT2D eigenvalue weighted by Crippen LogP contribution is 2.38. The van der Waals surface area contributed by atoms with Crippen LogP contribution in [0, 0.1) is 6.92 Å². The van der Waals surface area contributed by atoms with Crippen LogP contribution in [-0.4, -0.2) is 22.8 Å². The summed E-state index contributed by atoms with van der Waals surface area (Å²) in [5, 5.41) is 1.01. The van der Waals surface area contributed by atoms with Crippen LogP contribution < -0.4 is 14.2 Å². The van der Waals surface area contributed by atoms with Crippen molar-refractivity contribution >= 4 is 33.9 Å². The van der Waals surface area contributed by atoms with E-state index in [0.717, 1.165) is 39.9 Å². The van der Waals surface area contributed by atoms with Crippen molar-refractivity contribution in [3.8, 4) is 27.8 Å². The number of hydrogen-bond donors (Lipinski definition) is 0. The molecule has 6 heteroatoms. The topological polar surface area (TPSA) is 40.6 Å². The Kier molecular flexibility index (Phi) is 5.39. The van der Waals surface area contributed by atoms with Gasteiger partial charge in [-0.2, -0.15) is 0 Å². The van der Waals surface area contributed by atoms with Gasteiger partial charge in [0.2, 0.25) is 6.79 Å². The lowest BCUT2D eigenvalue weighted by molar-refractivity contribution is 0.174. The lowest BCUT2D eigenvalue weighted by Crippen LogP contribution is -2.03. The van der Waals surface area contributed by atoms with Gasteiger partial charge >= 0.3 is 0 Å². The first-order valence-corrected chi connectivity index (χ1v) is 12.2. The summed E-state index contributed by atoms with van der Waals surface area (Å²) in [7, 11) is 0. The predicted octanol–water partition coefficient (Wildman–Crippen LogP) is 5.93. The molecule has 1 aliphatic heterocycles. The van der Waals surface area contributed by atoms with Gasteiger partial charge in [0, 0.05) is 21.3 Å². The molecular weight excluding hydrogens is 497 g/mol. The molecule has 1 aromatic heterocycles. The van der Waals surface area contributed by atoms with Crippen LogP contribution in [0.1, 0.15) is 34.0 Å². The second-order valence-electron chi connectivity index (χ2n) is 7.44. The number of alkyl halides is 1. The Labute approximate surface area is 188 Å². The largest absolute Gasteiger partial charge is 0.493 e. The first-order chi connectivity index (χ1) is 14.2. The standard InChI is InChI=1S/C23H22INO3S/c1-14-20(25-23(29-14)16-4-7-21-22(11-16)28-13-27-21)8-9-26-18-5-6-19-15(10-18)2-3-17(19)12-24/h4-7,10-11,17H,2-3,8-9,12-13H2,1H3/t17-/m0/s1. The van der Waals surface area contributed by atoms with E-state index in [1.807, 2.05) is 18.2 Å². The highest BCUT2D eigenvalue weighted by Gasteiger charge is 2.22. The van der Waals surface area contributed by atoms with Crippen LogP contribution in [0.5, 0.6) is 17.2 Å². The van der Waals surface area contributed by atoms with Gasteiger partial charge in [0.15, 0.2) is 11.5 Å². The maximum absolute atomic E-state index is 6.06. The minimum atomic E-state index is 0.291. The smallest absolute Gasteiger partial charge is 0.231 e. The Balaban J connectivity index is 1.24. The second kappa shape index (κ2) is 8.14. The molecule has 2 heterocycles. The van der Waals surface area contributed by atoms with Gasteiger partial charge in [0.1, 0.15) is 10.8 Å². The zero-order chi connectivity index (χ0) is 19.8. The molecule has 1 atom stereocenters. The number of benzene rings is 2. The highest BCUT2D eigenvalue weighted by atomic mass is 127. The molecule has 0 fully saturated rings. The Morgan fingerprint density at radius 2 is 2.07 bits per heavy atom. The molecule has 2 aliphatic rings. The normalized spacial score (nSPS) is 16.8. The van der Waals surface area contributed by atoms with E-state index >= 15 is 0 Å². The van der Waals surface area contributed by atoms with Crippen LogP contribution in [0.3, 0.4) is 0 Å². The van der Waals surface area contributed by atoms with Crippen molar-refractivity contribution in [1.82, 2.24) is 4.98 Å². The minimum absolute atomic E-state index is 0.291. The Morgan fingerprint density at radius 1 is 1.17 bits per heavy atom. The molecule has 0 saturated heterocycles. The van der Waals surface area contributed by atoms with Gasteiger partial charge in [-0.15, -0.1) is 11.3 Å². The Morgan fingerprint density at radius 3 is 2.97 bits per heavy atom. The maximum Gasteiger partial charge on any atom is 0.231 e. The van der Waals surface area contributed by atoms with Crippen molar-refractivity contribution in [3.05, 3.63) is 58.1 Å². The van der Waals surface area contributed by atoms with E-state index in [4.69, 9.17) is 19.2 Å².